The zero-order chi connectivity index (χ0) is 14.1. The summed E-state index contributed by atoms with van der Waals surface area (Å²) in [6.07, 6.45) is 0. The zero-order valence-corrected chi connectivity index (χ0v) is 12.9. The van der Waals surface area contributed by atoms with E-state index in [4.69, 9.17) is 0 Å². The van der Waals surface area contributed by atoms with Gasteiger partial charge in [-0.05, 0) is 0 Å². The number of pyridine rings is 1. The van der Waals surface area contributed by atoms with Gasteiger partial charge < -0.3 is 0 Å². The molecule has 0 amide bonds. The Morgan fingerprint density at radius 1 is 0.857 bits per heavy atom. The molecule has 2 heterocycles. The number of anilines is 1. The third-order valence-electron chi connectivity index (χ3n) is 3.40. The van der Waals surface area contributed by atoms with Gasteiger partial charge in [0.2, 0.25) is 0 Å². The summed E-state index contributed by atoms with van der Waals surface area (Å²) in [6, 6.07) is 18.4. The Labute approximate surface area is 128 Å². The van der Waals surface area contributed by atoms with Gasteiger partial charge in [0.05, 0.1) is 0 Å². The van der Waals surface area contributed by atoms with Gasteiger partial charge in [0.1, 0.15) is 0 Å². The summed E-state index contributed by atoms with van der Waals surface area (Å²) in [5.74, 6) is 0. The van der Waals surface area contributed by atoms with E-state index in [2.05, 4.69) is 36.5 Å². The molecule has 0 bridgehead atoms. The van der Waals surface area contributed by atoms with Crippen molar-refractivity contribution in [2.45, 2.75) is 6.54 Å². The van der Waals surface area contributed by atoms with Crippen molar-refractivity contribution in [3.63, 3.8) is 0 Å². The summed E-state index contributed by atoms with van der Waals surface area (Å²) in [7, 11) is 0. The Hall–Kier alpha value is -2.23. The normalized spacial score (nSPS) is 11.0. The van der Waals surface area contributed by atoms with Crippen LogP contribution < -0.4 is 5.32 Å². The topological polar surface area (TPSA) is 50.7 Å². The van der Waals surface area contributed by atoms with Gasteiger partial charge >= 0.3 is 128 Å². The van der Waals surface area contributed by atoms with Crippen LogP contribution in [0.4, 0.5) is 5.69 Å². The van der Waals surface area contributed by atoms with Crippen molar-refractivity contribution in [3.05, 3.63) is 60.3 Å². The van der Waals surface area contributed by atoms with E-state index < -0.39 is 0 Å². The molecule has 0 aliphatic carbocycles. The quantitative estimate of drug-likeness (QED) is 0.583. The van der Waals surface area contributed by atoms with E-state index in [1.165, 1.54) is 5.39 Å². The van der Waals surface area contributed by atoms with E-state index in [0.29, 0.717) is 6.54 Å². The SMILES string of the molecule is c1ccc2nc(CNc3cccc4n[se]nc34)ccc2c1. The molecule has 0 fully saturated rings. The van der Waals surface area contributed by atoms with Gasteiger partial charge in [0, 0.05) is 0 Å². The molecule has 4 aromatic rings. The summed E-state index contributed by atoms with van der Waals surface area (Å²) in [4.78, 5) is 4.67. The number of fused-ring (bicyclic) bond motifs is 2. The van der Waals surface area contributed by atoms with Crippen LogP contribution in [0.2, 0.25) is 0 Å². The first-order valence-corrected chi connectivity index (χ1v) is 8.23. The van der Waals surface area contributed by atoms with Crippen LogP contribution in [0.5, 0.6) is 0 Å². The molecular weight excluding hydrogens is 327 g/mol. The molecule has 0 atom stereocenters. The van der Waals surface area contributed by atoms with Gasteiger partial charge in [-0.3, -0.25) is 0 Å². The van der Waals surface area contributed by atoms with E-state index >= 15 is 0 Å². The molecule has 0 unspecified atom stereocenters. The van der Waals surface area contributed by atoms with Crippen LogP contribution in [0, 0.1) is 0 Å². The number of nitrogens with one attached hydrogen (secondary N) is 1. The molecule has 0 saturated heterocycles. The fourth-order valence-corrected chi connectivity index (χ4v) is 3.49. The fourth-order valence-electron chi connectivity index (χ4n) is 2.34. The number of hydrogen-bond acceptors (Lipinski definition) is 4. The van der Waals surface area contributed by atoms with Gasteiger partial charge in [-0.2, -0.15) is 0 Å². The van der Waals surface area contributed by atoms with Gasteiger partial charge in [0.15, 0.2) is 0 Å². The second-order valence-corrected chi connectivity index (χ2v) is 5.90. The number of rotatable bonds is 3. The average Bonchev–Trinajstić information content (AvgIpc) is 3.02. The first-order valence-electron chi connectivity index (χ1n) is 6.70. The molecule has 0 aliphatic rings. The first kappa shape index (κ1) is 12.5. The van der Waals surface area contributed by atoms with Crippen molar-refractivity contribution in [2.24, 2.45) is 0 Å². The van der Waals surface area contributed by atoms with Crippen molar-refractivity contribution in [1.82, 2.24) is 12.9 Å². The molecule has 21 heavy (non-hydrogen) atoms. The minimum atomic E-state index is 0.00131. The monoisotopic (exact) mass is 340 g/mol. The van der Waals surface area contributed by atoms with Gasteiger partial charge in [0.25, 0.3) is 0 Å². The van der Waals surface area contributed by atoms with Crippen LogP contribution in [0.3, 0.4) is 0 Å². The fraction of sp³-hybridized carbons (Fsp3) is 0.0625. The summed E-state index contributed by atoms with van der Waals surface area (Å²) >= 11 is 0.00131. The van der Waals surface area contributed by atoms with Gasteiger partial charge in [-0.25, -0.2) is 0 Å². The van der Waals surface area contributed by atoms with Crippen molar-refractivity contribution in [1.29, 1.82) is 0 Å². The third kappa shape index (κ3) is 2.42. The standard InChI is InChI=1S/C16H12N4Se/c1-2-5-13-11(4-1)8-9-12(18-13)10-17-14-6-3-7-15-16(14)20-21-19-15/h1-9,17H,10H2. The molecule has 2 aromatic carbocycles. The summed E-state index contributed by atoms with van der Waals surface area (Å²) in [5.41, 5.74) is 5.06. The van der Waals surface area contributed by atoms with Gasteiger partial charge in [-0.15, -0.1) is 0 Å². The molecule has 5 heteroatoms. The van der Waals surface area contributed by atoms with E-state index in [9.17, 15) is 0 Å². The molecule has 4 nitrogen and oxygen atoms in total. The van der Waals surface area contributed by atoms with E-state index in [0.717, 1.165) is 27.9 Å². The Morgan fingerprint density at radius 3 is 2.76 bits per heavy atom. The van der Waals surface area contributed by atoms with Crippen molar-refractivity contribution >= 4 is 42.6 Å². The summed E-state index contributed by atoms with van der Waals surface area (Å²) in [6.45, 7) is 0.684. The second kappa shape index (κ2) is 5.28. The zero-order valence-electron chi connectivity index (χ0n) is 11.2. The molecular formula is C16H12N4Se. The van der Waals surface area contributed by atoms with Crippen LogP contribution >= 0.6 is 0 Å². The number of aromatic nitrogens is 3. The van der Waals surface area contributed by atoms with Crippen LogP contribution in [-0.4, -0.2) is 27.9 Å². The maximum atomic E-state index is 4.67. The minimum absolute atomic E-state index is 0.00131. The number of hydrogen-bond donors (Lipinski definition) is 1. The molecule has 0 spiro atoms. The summed E-state index contributed by atoms with van der Waals surface area (Å²) in [5, 5.41) is 4.58. The Kier molecular flexibility index (Phi) is 3.14. The van der Waals surface area contributed by atoms with Crippen LogP contribution in [0.15, 0.2) is 54.6 Å². The molecule has 0 saturated carbocycles. The molecule has 0 aliphatic heterocycles. The predicted molar refractivity (Wildman–Crippen MR) is 85.5 cm³/mol. The van der Waals surface area contributed by atoms with Crippen molar-refractivity contribution < 1.29 is 0 Å². The Balaban J connectivity index is 1.61. The maximum absolute atomic E-state index is 4.67. The molecule has 102 valence electrons. The molecule has 2 aromatic heterocycles. The van der Waals surface area contributed by atoms with Crippen LogP contribution in [-0.2, 0) is 6.54 Å². The number of nitrogens with zero attached hydrogens (tertiary/aromatic N) is 3. The number of benzene rings is 2. The van der Waals surface area contributed by atoms with E-state index in [1.54, 1.807) is 0 Å². The molecule has 0 radical (unpaired) electrons. The number of para-hydroxylation sites is 1. The van der Waals surface area contributed by atoms with Crippen LogP contribution in [0.1, 0.15) is 5.69 Å². The Morgan fingerprint density at radius 2 is 1.76 bits per heavy atom. The van der Waals surface area contributed by atoms with Crippen LogP contribution in [0.25, 0.3) is 21.9 Å². The van der Waals surface area contributed by atoms with Crippen molar-refractivity contribution in [2.75, 3.05) is 5.32 Å². The molecule has 4 rings (SSSR count). The van der Waals surface area contributed by atoms with Gasteiger partial charge in [-0.1, -0.05) is 0 Å². The molecule has 1 N–H and O–H groups in total. The Bertz CT molecular complexity index is 916. The average molecular weight is 339 g/mol. The predicted octanol–water partition coefficient (Wildman–Crippen LogP) is 2.85. The van der Waals surface area contributed by atoms with Crippen molar-refractivity contribution in [3.8, 4) is 0 Å². The second-order valence-electron chi connectivity index (χ2n) is 4.79. The van der Waals surface area contributed by atoms with E-state index in [-0.39, 0.29) is 15.0 Å². The van der Waals surface area contributed by atoms with E-state index in [1.807, 2.05) is 36.4 Å². The first-order chi connectivity index (χ1) is 10.4. The third-order valence-corrected chi connectivity index (χ3v) is 4.54. The summed E-state index contributed by atoms with van der Waals surface area (Å²) < 4.78 is 8.87.